The normalized spacial score (nSPS) is 21.2. The number of hydrogen-bond acceptors (Lipinski definition) is 5. The summed E-state index contributed by atoms with van der Waals surface area (Å²) in [4.78, 5) is 14.7. The lowest BCUT2D eigenvalue weighted by Gasteiger charge is -2.32. The van der Waals surface area contributed by atoms with E-state index in [0.29, 0.717) is 12.3 Å². The van der Waals surface area contributed by atoms with E-state index >= 15 is 0 Å². The molecule has 2 aliphatic heterocycles. The first-order chi connectivity index (χ1) is 12.2. The number of aromatic hydroxyl groups is 1. The Kier molecular flexibility index (Phi) is 4.32. The van der Waals surface area contributed by atoms with Crippen LogP contribution in [-0.4, -0.2) is 35.1 Å². The second-order valence-electron chi connectivity index (χ2n) is 6.73. The van der Waals surface area contributed by atoms with Gasteiger partial charge >= 0.3 is 0 Å². The van der Waals surface area contributed by atoms with E-state index in [2.05, 4.69) is 16.3 Å². The van der Waals surface area contributed by atoms with Gasteiger partial charge in [-0.2, -0.15) is 0 Å². The molecule has 5 nitrogen and oxygen atoms in total. The monoisotopic (exact) mass is 338 g/mol. The van der Waals surface area contributed by atoms with Crippen molar-refractivity contribution in [3.8, 4) is 5.75 Å². The number of nitrogens with zero attached hydrogens (tertiary/aromatic N) is 1. The van der Waals surface area contributed by atoms with Crippen molar-refractivity contribution in [1.82, 2.24) is 10.2 Å². The standard InChI is InChI=1S/C20H22N2O3/c23-18-16(6-5-14-3-1-2-4-17(14)18)13-22-10-7-15(8-11-22)19(24)20-21-9-12-25-20/h1-6,9,12,15,20-21,23H,7-8,10-11,13H2. The van der Waals surface area contributed by atoms with Gasteiger partial charge in [-0.15, -0.1) is 0 Å². The lowest BCUT2D eigenvalue weighted by Crippen LogP contribution is -2.42. The Morgan fingerprint density at radius 1 is 1.20 bits per heavy atom. The van der Waals surface area contributed by atoms with Gasteiger partial charge in [-0.25, -0.2) is 0 Å². The number of nitrogens with one attached hydrogen (secondary N) is 1. The molecule has 0 saturated carbocycles. The van der Waals surface area contributed by atoms with Crippen molar-refractivity contribution in [3.05, 3.63) is 54.4 Å². The Bertz CT molecular complexity index is 802. The molecule has 1 unspecified atom stereocenters. The number of phenolic OH excluding ortho intramolecular Hbond substituents is 1. The minimum Gasteiger partial charge on any atom is -0.507 e. The average molecular weight is 338 g/mol. The van der Waals surface area contributed by atoms with Crippen LogP contribution in [0, 0.1) is 5.92 Å². The summed E-state index contributed by atoms with van der Waals surface area (Å²) in [5.41, 5.74) is 0.938. The molecule has 2 heterocycles. The highest BCUT2D eigenvalue weighted by Crippen LogP contribution is 2.30. The van der Waals surface area contributed by atoms with Gasteiger partial charge in [0.05, 0.1) is 0 Å². The molecule has 4 rings (SSSR count). The highest BCUT2D eigenvalue weighted by molar-refractivity contribution is 5.89. The van der Waals surface area contributed by atoms with Gasteiger partial charge in [-0.1, -0.05) is 36.4 Å². The number of carbonyl (C=O) groups is 1. The summed E-state index contributed by atoms with van der Waals surface area (Å²) >= 11 is 0. The van der Waals surface area contributed by atoms with Gasteiger partial charge in [0.15, 0.2) is 5.78 Å². The molecule has 0 amide bonds. The van der Waals surface area contributed by atoms with Crippen LogP contribution in [0.2, 0.25) is 0 Å². The SMILES string of the molecule is O=C(C1CCN(Cc2ccc3ccccc3c2O)CC1)C1NC=CO1. The maximum atomic E-state index is 12.4. The van der Waals surface area contributed by atoms with Gasteiger partial charge in [-0.05, 0) is 31.3 Å². The maximum Gasteiger partial charge on any atom is 0.228 e. The molecule has 2 aromatic rings. The van der Waals surface area contributed by atoms with Crippen molar-refractivity contribution >= 4 is 16.6 Å². The molecule has 0 aliphatic carbocycles. The zero-order chi connectivity index (χ0) is 17.2. The van der Waals surface area contributed by atoms with Crippen LogP contribution in [-0.2, 0) is 16.1 Å². The molecule has 2 aromatic carbocycles. The zero-order valence-electron chi connectivity index (χ0n) is 14.0. The molecule has 0 radical (unpaired) electrons. The fourth-order valence-electron chi connectivity index (χ4n) is 3.69. The van der Waals surface area contributed by atoms with Crippen molar-refractivity contribution in [2.24, 2.45) is 5.92 Å². The van der Waals surface area contributed by atoms with E-state index in [1.165, 1.54) is 6.26 Å². The highest BCUT2D eigenvalue weighted by Gasteiger charge is 2.31. The molecule has 0 bridgehead atoms. The molecular weight excluding hydrogens is 316 g/mol. The van der Waals surface area contributed by atoms with E-state index < -0.39 is 6.23 Å². The first-order valence-electron chi connectivity index (χ1n) is 8.74. The number of phenols is 1. The Morgan fingerprint density at radius 3 is 2.76 bits per heavy atom. The molecule has 0 spiro atoms. The Morgan fingerprint density at radius 2 is 2.00 bits per heavy atom. The number of carbonyl (C=O) groups excluding carboxylic acids is 1. The Hall–Kier alpha value is -2.53. The first-order valence-corrected chi connectivity index (χ1v) is 8.74. The van der Waals surface area contributed by atoms with Gasteiger partial charge in [0.1, 0.15) is 12.0 Å². The minimum absolute atomic E-state index is 0.0406. The average Bonchev–Trinajstić information content (AvgIpc) is 3.19. The predicted octanol–water partition coefficient (Wildman–Crippen LogP) is 2.74. The van der Waals surface area contributed by atoms with Gasteiger partial charge in [0.2, 0.25) is 6.23 Å². The lowest BCUT2D eigenvalue weighted by molar-refractivity contribution is -0.133. The van der Waals surface area contributed by atoms with E-state index in [4.69, 9.17) is 4.74 Å². The number of ether oxygens (including phenoxy) is 1. The van der Waals surface area contributed by atoms with Crippen LogP contribution >= 0.6 is 0 Å². The van der Waals surface area contributed by atoms with Crippen LogP contribution in [0.1, 0.15) is 18.4 Å². The third kappa shape index (κ3) is 3.20. The first kappa shape index (κ1) is 16.0. The second kappa shape index (κ2) is 6.76. The number of fused-ring (bicyclic) bond motifs is 1. The van der Waals surface area contributed by atoms with Crippen molar-refractivity contribution < 1.29 is 14.6 Å². The largest absolute Gasteiger partial charge is 0.507 e. The Labute approximate surface area is 146 Å². The van der Waals surface area contributed by atoms with Gasteiger partial charge < -0.3 is 15.2 Å². The number of Topliss-reactive ketones (excluding diaryl/α,β-unsaturated/α-hetero) is 1. The van der Waals surface area contributed by atoms with Crippen LogP contribution < -0.4 is 5.32 Å². The van der Waals surface area contributed by atoms with Gasteiger partial charge in [-0.3, -0.25) is 9.69 Å². The van der Waals surface area contributed by atoms with Crippen molar-refractivity contribution in [2.45, 2.75) is 25.6 Å². The zero-order valence-corrected chi connectivity index (χ0v) is 14.0. The van der Waals surface area contributed by atoms with E-state index in [0.717, 1.165) is 42.3 Å². The summed E-state index contributed by atoms with van der Waals surface area (Å²) < 4.78 is 5.26. The molecule has 25 heavy (non-hydrogen) atoms. The smallest absolute Gasteiger partial charge is 0.228 e. The molecular formula is C20H22N2O3. The number of piperidine rings is 1. The Balaban J connectivity index is 1.39. The quantitative estimate of drug-likeness (QED) is 0.898. The molecule has 5 heteroatoms. The third-order valence-corrected chi connectivity index (χ3v) is 5.16. The molecule has 2 N–H and O–H groups in total. The topological polar surface area (TPSA) is 61.8 Å². The second-order valence-corrected chi connectivity index (χ2v) is 6.73. The maximum absolute atomic E-state index is 12.4. The van der Waals surface area contributed by atoms with Gasteiger partial charge in [0.25, 0.3) is 0 Å². The number of benzene rings is 2. The fraction of sp³-hybridized carbons (Fsp3) is 0.350. The highest BCUT2D eigenvalue weighted by atomic mass is 16.5. The fourth-order valence-corrected chi connectivity index (χ4v) is 3.69. The number of hydrogen-bond donors (Lipinski definition) is 2. The van der Waals surface area contributed by atoms with Gasteiger partial charge in [0, 0.05) is 29.6 Å². The predicted molar refractivity (Wildman–Crippen MR) is 95.8 cm³/mol. The number of likely N-dealkylation sites (tertiary alicyclic amines) is 1. The molecule has 2 aliphatic rings. The minimum atomic E-state index is -0.513. The molecule has 0 aromatic heterocycles. The van der Waals surface area contributed by atoms with E-state index in [-0.39, 0.29) is 11.7 Å². The summed E-state index contributed by atoms with van der Waals surface area (Å²) in [5.74, 6) is 0.544. The van der Waals surface area contributed by atoms with E-state index in [1.807, 2.05) is 30.3 Å². The van der Waals surface area contributed by atoms with Crippen molar-refractivity contribution in [2.75, 3.05) is 13.1 Å². The molecule has 130 valence electrons. The van der Waals surface area contributed by atoms with E-state index in [9.17, 15) is 9.90 Å². The summed E-state index contributed by atoms with van der Waals surface area (Å²) in [7, 11) is 0. The summed E-state index contributed by atoms with van der Waals surface area (Å²) in [6, 6.07) is 11.9. The van der Waals surface area contributed by atoms with Crippen LogP contribution in [0.25, 0.3) is 10.8 Å². The van der Waals surface area contributed by atoms with Crippen LogP contribution in [0.3, 0.4) is 0 Å². The van der Waals surface area contributed by atoms with Crippen LogP contribution in [0.4, 0.5) is 0 Å². The van der Waals surface area contributed by atoms with Crippen molar-refractivity contribution in [1.29, 1.82) is 0 Å². The summed E-state index contributed by atoms with van der Waals surface area (Å²) in [6.07, 6.45) is 4.34. The molecule has 1 saturated heterocycles. The lowest BCUT2D eigenvalue weighted by atomic mass is 9.91. The molecule has 1 atom stereocenters. The molecule has 1 fully saturated rings. The van der Waals surface area contributed by atoms with Crippen LogP contribution in [0.5, 0.6) is 5.75 Å². The van der Waals surface area contributed by atoms with Crippen molar-refractivity contribution in [3.63, 3.8) is 0 Å². The number of ketones is 1. The van der Waals surface area contributed by atoms with E-state index in [1.54, 1.807) is 6.20 Å². The summed E-state index contributed by atoms with van der Waals surface area (Å²) in [5, 5.41) is 15.4. The number of rotatable bonds is 4. The van der Waals surface area contributed by atoms with Crippen LogP contribution in [0.15, 0.2) is 48.9 Å². The third-order valence-electron chi connectivity index (χ3n) is 5.16. The summed E-state index contributed by atoms with van der Waals surface area (Å²) in [6.45, 7) is 2.41.